The minimum Gasteiger partial charge on any atom is -0.504 e. The lowest BCUT2D eigenvalue weighted by Crippen LogP contribution is -1.90. The first-order chi connectivity index (χ1) is 17.4. The Labute approximate surface area is 221 Å². The number of aromatic hydroxyl groups is 4. The maximum Gasteiger partial charge on any atom is 0.158 e. The van der Waals surface area contributed by atoms with Crippen LogP contribution < -0.4 is 0 Å². The van der Waals surface area contributed by atoms with Crippen LogP contribution in [-0.2, 0) is 0 Å². The zero-order valence-electron chi connectivity index (χ0n) is 21.1. The van der Waals surface area contributed by atoms with E-state index in [1.54, 1.807) is 12.1 Å². The number of phenols is 4. The van der Waals surface area contributed by atoms with Gasteiger partial charge < -0.3 is 20.4 Å². The van der Waals surface area contributed by atoms with Crippen molar-refractivity contribution < 1.29 is 20.4 Å². The maximum atomic E-state index is 10.3. The third-order valence-electron chi connectivity index (χ3n) is 6.69. The Kier molecular flexibility index (Phi) is 9.02. The molecule has 0 amide bonds. The molecule has 4 N–H and O–H groups in total. The van der Waals surface area contributed by atoms with Crippen LogP contribution in [0, 0.1) is 0 Å². The van der Waals surface area contributed by atoms with Gasteiger partial charge in [-0.1, -0.05) is 52.4 Å². The maximum absolute atomic E-state index is 10.3. The summed E-state index contributed by atoms with van der Waals surface area (Å²) in [6, 6.07) is 10.7. The fourth-order valence-electron chi connectivity index (χ4n) is 4.70. The zero-order chi connectivity index (χ0) is 25.7. The van der Waals surface area contributed by atoms with Crippen LogP contribution in [0.4, 0.5) is 0 Å². The third-order valence-corrected chi connectivity index (χ3v) is 9.11. The summed E-state index contributed by atoms with van der Waals surface area (Å²) < 4.78 is 0. The summed E-state index contributed by atoms with van der Waals surface area (Å²) in [6.45, 7) is 4.45. The van der Waals surface area contributed by atoms with Crippen LogP contribution >= 0.6 is 23.5 Å². The minimum absolute atomic E-state index is 0.172. The van der Waals surface area contributed by atoms with Gasteiger partial charge in [-0.15, -0.1) is 23.5 Å². The first kappa shape index (κ1) is 26.6. The highest BCUT2D eigenvalue weighted by Crippen LogP contribution is 2.46. The van der Waals surface area contributed by atoms with Crippen LogP contribution in [0.2, 0.25) is 0 Å². The van der Waals surface area contributed by atoms with Gasteiger partial charge in [0.25, 0.3) is 0 Å². The molecule has 6 heteroatoms. The van der Waals surface area contributed by atoms with Gasteiger partial charge in [0.15, 0.2) is 23.0 Å². The van der Waals surface area contributed by atoms with Gasteiger partial charge in [0.05, 0.1) is 0 Å². The molecule has 192 valence electrons. The monoisotopic (exact) mass is 524 g/mol. The fraction of sp³-hybridized carbons (Fsp3) is 0.400. The quantitative estimate of drug-likeness (QED) is 0.0640. The van der Waals surface area contributed by atoms with Crippen LogP contribution in [0.25, 0.3) is 32.3 Å². The van der Waals surface area contributed by atoms with Gasteiger partial charge in [-0.3, -0.25) is 0 Å². The summed E-state index contributed by atoms with van der Waals surface area (Å²) in [4.78, 5) is 2.46. The second-order valence-corrected chi connectivity index (χ2v) is 11.7. The van der Waals surface area contributed by atoms with E-state index in [0.29, 0.717) is 0 Å². The van der Waals surface area contributed by atoms with Crippen molar-refractivity contribution in [3.63, 3.8) is 0 Å². The molecule has 0 aliphatic carbocycles. The number of thioether (sulfide) groups is 2. The average molecular weight is 525 g/mol. The minimum atomic E-state index is -0.208. The van der Waals surface area contributed by atoms with Crippen molar-refractivity contribution in [1.29, 1.82) is 0 Å². The van der Waals surface area contributed by atoms with E-state index in [0.717, 1.165) is 43.8 Å². The molecule has 0 unspecified atom stereocenters. The highest BCUT2D eigenvalue weighted by molar-refractivity contribution is 8.02. The molecule has 4 nitrogen and oxygen atoms in total. The Bertz CT molecular complexity index is 1260. The average Bonchev–Trinajstić information content (AvgIpc) is 2.86. The summed E-state index contributed by atoms with van der Waals surface area (Å²) >= 11 is 3.77. The number of fused-ring (bicyclic) bond motifs is 6. The second kappa shape index (κ2) is 12.2. The van der Waals surface area contributed by atoms with Gasteiger partial charge >= 0.3 is 0 Å². The van der Waals surface area contributed by atoms with Gasteiger partial charge in [0.2, 0.25) is 0 Å². The molecule has 0 saturated carbocycles. The molecule has 0 radical (unpaired) electrons. The molecular formula is C30H36O4S2. The van der Waals surface area contributed by atoms with E-state index in [2.05, 4.69) is 26.0 Å². The molecule has 4 rings (SSSR count). The molecule has 0 aromatic heterocycles. The van der Waals surface area contributed by atoms with Crippen LogP contribution in [0.15, 0.2) is 46.2 Å². The SMILES string of the molecule is CCCCCCSc1cc2c3cc(O)c(O)cc3c3cc(O)c(O)cc3c2cc1SCCCCCC. The molecule has 0 saturated heterocycles. The van der Waals surface area contributed by atoms with Crippen LogP contribution in [0.1, 0.15) is 65.2 Å². The molecule has 0 atom stereocenters. The van der Waals surface area contributed by atoms with Crippen molar-refractivity contribution in [2.24, 2.45) is 0 Å². The fourth-order valence-corrected chi connectivity index (χ4v) is 6.99. The molecule has 0 spiro atoms. The Morgan fingerprint density at radius 1 is 0.444 bits per heavy atom. The standard InChI is InChI=1S/C30H36O4S2/c1-3-5-7-9-11-35-29-17-23-21-15-27(33)25(31)13-19(21)20-14-26(32)28(34)16-22(20)24(23)18-30(29)36-12-10-8-6-4-2/h13-18,31-34H,3-12H2,1-2H3. The van der Waals surface area contributed by atoms with Gasteiger partial charge in [-0.2, -0.15) is 0 Å². The largest absolute Gasteiger partial charge is 0.504 e. The van der Waals surface area contributed by atoms with E-state index in [1.807, 2.05) is 23.5 Å². The van der Waals surface area contributed by atoms with E-state index >= 15 is 0 Å². The summed E-state index contributed by atoms with van der Waals surface area (Å²) in [5.41, 5.74) is 0. The van der Waals surface area contributed by atoms with Crippen molar-refractivity contribution in [2.75, 3.05) is 11.5 Å². The first-order valence-corrected chi connectivity index (χ1v) is 15.0. The van der Waals surface area contributed by atoms with E-state index in [-0.39, 0.29) is 23.0 Å². The van der Waals surface area contributed by atoms with Gasteiger partial charge in [0, 0.05) is 9.79 Å². The summed E-state index contributed by atoms with van der Waals surface area (Å²) in [6.07, 6.45) is 9.78. The summed E-state index contributed by atoms with van der Waals surface area (Å²) in [5.74, 6) is 1.35. The number of rotatable bonds is 12. The molecule has 0 aliphatic rings. The number of hydrogen-bond donors (Lipinski definition) is 4. The molecule has 0 bridgehead atoms. The number of unbranched alkanes of at least 4 members (excludes halogenated alkanes) is 6. The van der Waals surface area contributed by atoms with Crippen molar-refractivity contribution in [3.05, 3.63) is 36.4 Å². The molecule has 0 aliphatic heterocycles. The van der Waals surface area contributed by atoms with Crippen molar-refractivity contribution >= 4 is 55.8 Å². The van der Waals surface area contributed by atoms with E-state index in [4.69, 9.17) is 0 Å². The Morgan fingerprint density at radius 3 is 1.06 bits per heavy atom. The lowest BCUT2D eigenvalue weighted by Gasteiger charge is -2.16. The molecule has 4 aromatic carbocycles. The van der Waals surface area contributed by atoms with Gasteiger partial charge in [0.1, 0.15) is 0 Å². The number of benzene rings is 4. The van der Waals surface area contributed by atoms with Crippen LogP contribution in [-0.4, -0.2) is 31.9 Å². The Balaban J connectivity index is 1.88. The van der Waals surface area contributed by atoms with Crippen LogP contribution in [0.5, 0.6) is 23.0 Å². The smallest absolute Gasteiger partial charge is 0.158 e. The predicted molar refractivity (Wildman–Crippen MR) is 155 cm³/mol. The lowest BCUT2D eigenvalue weighted by molar-refractivity contribution is 0.404. The third kappa shape index (κ3) is 5.76. The molecule has 0 heterocycles. The Hall–Kier alpha value is -2.44. The summed E-state index contributed by atoms with van der Waals surface area (Å²) in [5, 5.41) is 46.2. The van der Waals surface area contributed by atoms with Gasteiger partial charge in [-0.25, -0.2) is 0 Å². The van der Waals surface area contributed by atoms with Crippen molar-refractivity contribution in [3.8, 4) is 23.0 Å². The van der Waals surface area contributed by atoms with E-state index < -0.39 is 0 Å². The van der Waals surface area contributed by atoms with Crippen LogP contribution in [0.3, 0.4) is 0 Å². The van der Waals surface area contributed by atoms with E-state index in [1.165, 1.54) is 73.3 Å². The zero-order valence-corrected chi connectivity index (χ0v) is 22.8. The van der Waals surface area contributed by atoms with Gasteiger partial charge in [-0.05, 0) is 93.1 Å². The molecule has 36 heavy (non-hydrogen) atoms. The highest BCUT2D eigenvalue weighted by Gasteiger charge is 2.17. The van der Waals surface area contributed by atoms with E-state index in [9.17, 15) is 20.4 Å². The first-order valence-electron chi connectivity index (χ1n) is 13.0. The molecule has 0 fully saturated rings. The number of hydrogen-bond acceptors (Lipinski definition) is 6. The molecular weight excluding hydrogens is 488 g/mol. The predicted octanol–water partition coefficient (Wildman–Crippen LogP) is 9.31. The highest BCUT2D eigenvalue weighted by atomic mass is 32.2. The Morgan fingerprint density at radius 2 is 0.750 bits per heavy atom. The summed E-state index contributed by atoms with van der Waals surface area (Å²) in [7, 11) is 0. The topological polar surface area (TPSA) is 80.9 Å². The van der Waals surface area contributed by atoms with Crippen molar-refractivity contribution in [2.45, 2.75) is 75.0 Å². The van der Waals surface area contributed by atoms with Crippen molar-refractivity contribution in [1.82, 2.24) is 0 Å². The molecule has 4 aromatic rings. The normalized spacial score (nSPS) is 11.7. The second-order valence-electron chi connectivity index (χ2n) is 9.44. The lowest BCUT2D eigenvalue weighted by atomic mass is 9.93. The number of phenolic OH excluding ortho intramolecular Hbond substituents is 4.